The van der Waals surface area contributed by atoms with Crippen LogP contribution in [0.2, 0.25) is 0 Å². The standard InChI is InChI=1S/C18H25N3O3S2/c1-11(16(22)20(2)3)25-18-19-15-14(17(23)21(18)9-10-24-4)12-7-5-6-8-13(12)26-15/h11H,5-10H2,1-4H3/t11-/m1/s1. The number of carbonyl (C=O) groups is 1. The van der Waals surface area contributed by atoms with Crippen LogP contribution in [0, 0.1) is 0 Å². The fourth-order valence-corrected chi connectivity index (χ4v) is 5.64. The van der Waals surface area contributed by atoms with Crippen molar-refractivity contribution in [3.05, 3.63) is 20.8 Å². The average Bonchev–Trinajstić information content (AvgIpc) is 2.98. The van der Waals surface area contributed by atoms with Gasteiger partial charge in [-0.15, -0.1) is 11.3 Å². The van der Waals surface area contributed by atoms with Crippen LogP contribution in [-0.2, 0) is 28.9 Å². The number of amides is 1. The highest BCUT2D eigenvalue weighted by Gasteiger charge is 2.24. The number of methoxy groups -OCH3 is 1. The first-order valence-electron chi connectivity index (χ1n) is 8.86. The van der Waals surface area contributed by atoms with E-state index in [9.17, 15) is 9.59 Å². The van der Waals surface area contributed by atoms with Gasteiger partial charge in [-0.2, -0.15) is 0 Å². The molecule has 3 rings (SSSR count). The second kappa shape index (κ2) is 8.10. The molecule has 2 heterocycles. The number of aromatic nitrogens is 2. The number of ether oxygens (including phenoxy) is 1. The zero-order chi connectivity index (χ0) is 18.8. The summed E-state index contributed by atoms with van der Waals surface area (Å²) in [6, 6.07) is 0. The van der Waals surface area contributed by atoms with Gasteiger partial charge < -0.3 is 9.64 Å². The molecule has 0 saturated heterocycles. The highest BCUT2D eigenvalue weighted by atomic mass is 32.2. The normalized spacial score (nSPS) is 15.1. The molecule has 0 radical (unpaired) electrons. The Balaban J connectivity index is 2.08. The predicted molar refractivity (Wildman–Crippen MR) is 106 cm³/mol. The quantitative estimate of drug-likeness (QED) is 0.556. The van der Waals surface area contributed by atoms with Crippen LogP contribution in [0.15, 0.2) is 9.95 Å². The van der Waals surface area contributed by atoms with Crippen LogP contribution < -0.4 is 5.56 Å². The lowest BCUT2D eigenvalue weighted by molar-refractivity contribution is -0.127. The van der Waals surface area contributed by atoms with Gasteiger partial charge in [0, 0.05) is 26.1 Å². The van der Waals surface area contributed by atoms with Crippen molar-refractivity contribution in [2.24, 2.45) is 0 Å². The number of carbonyl (C=O) groups excluding carboxylic acids is 1. The molecule has 0 unspecified atom stereocenters. The first-order valence-corrected chi connectivity index (χ1v) is 10.6. The fraction of sp³-hybridized carbons (Fsp3) is 0.611. The minimum absolute atomic E-state index is 0.00143. The Hall–Kier alpha value is -1.38. The first-order chi connectivity index (χ1) is 12.4. The van der Waals surface area contributed by atoms with E-state index in [1.54, 1.807) is 42.0 Å². The first kappa shape index (κ1) is 19.4. The number of aryl methyl sites for hydroxylation is 2. The summed E-state index contributed by atoms with van der Waals surface area (Å²) < 4.78 is 6.86. The monoisotopic (exact) mass is 395 g/mol. The van der Waals surface area contributed by atoms with E-state index >= 15 is 0 Å². The molecule has 142 valence electrons. The van der Waals surface area contributed by atoms with E-state index in [1.807, 2.05) is 6.92 Å². The van der Waals surface area contributed by atoms with E-state index < -0.39 is 0 Å². The van der Waals surface area contributed by atoms with Gasteiger partial charge in [0.25, 0.3) is 5.56 Å². The molecule has 26 heavy (non-hydrogen) atoms. The van der Waals surface area contributed by atoms with Crippen molar-refractivity contribution in [1.82, 2.24) is 14.5 Å². The second-order valence-electron chi connectivity index (χ2n) is 6.73. The molecule has 1 amide bonds. The SMILES string of the molecule is COCCn1c(S[C@H](C)C(=O)N(C)C)nc2sc3c(c2c1=O)CCCC3. The summed E-state index contributed by atoms with van der Waals surface area (Å²) in [4.78, 5) is 34.0. The summed E-state index contributed by atoms with van der Waals surface area (Å²) in [5.74, 6) is 0.00751. The minimum atomic E-state index is -0.308. The van der Waals surface area contributed by atoms with Crippen molar-refractivity contribution in [2.75, 3.05) is 27.8 Å². The molecule has 0 aliphatic heterocycles. The largest absolute Gasteiger partial charge is 0.383 e. The zero-order valence-corrected chi connectivity index (χ0v) is 17.3. The van der Waals surface area contributed by atoms with Crippen LogP contribution in [-0.4, -0.2) is 53.4 Å². The van der Waals surface area contributed by atoms with Crippen LogP contribution in [0.1, 0.15) is 30.2 Å². The van der Waals surface area contributed by atoms with E-state index in [4.69, 9.17) is 9.72 Å². The molecule has 8 heteroatoms. The molecule has 6 nitrogen and oxygen atoms in total. The lowest BCUT2D eigenvalue weighted by Crippen LogP contribution is -2.31. The summed E-state index contributed by atoms with van der Waals surface area (Å²) in [6.45, 7) is 2.72. The Morgan fingerprint density at radius 2 is 2.12 bits per heavy atom. The van der Waals surface area contributed by atoms with Crippen LogP contribution >= 0.6 is 23.1 Å². The van der Waals surface area contributed by atoms with Gasteiger partial charge >= 0.3 is 0 Å². The van der Waals surface area contributed by atoms with Crippen molar-refractivity contribution in [3.8, 4) is 0 Å². The topological polar surface area (TPSA) is 64.4 Å². The lowest BCUT2D eigenvalue weighted by Gasteiger charge is -2.18. The highest BCUT2D eigenvalue weighted by Crippen LogP contribution is 2.35. The molecule has 0 N–H and O–H groups in total. The smallest absolute Gasteiger partial charge is 0.263 e. The molecule has 0 fully saturated rings. The van der Waals surface area contributed by atoms with E-state index in [2.05, 4.69) is 0 Å². The van der Waals surface area contributed by atoms with Crippen LogP contribution in [0.4, 0.5) is 0 Å². The van der Waals surface area contributed by atoms with Gasteiger partial charge in [-0.25, -0.2) is 4.98 Å². The van der Waals surface area contributed by atoms with Gasteiger partial charge in [-0.3, -0.25) is 14.2 Å². The van der Waals surface area contributed by atoms with E-state index in [-0.39, 0.29) is 16.7 Å². The molecule has 2 aromatic heterocycles. The molecule has 0 bridgehead atoms. The summed E-state index contributed by atoms with van der Waals surface area (Å²) >= 11 is 2.98. The number of hydrogen-bond donors (Lipinski definition) is 0. The third-order valence-electron chi connectivity index (χ3n) is 4.63. The molecule has 0 aromatic carbocycles. The Morgan fingerprint density at radius 3 is 2.81 bits per heavy atom. The van der Waals surface area contributed by atoms with E-state index in [1.165, 1.54) is 28.6 Å². The number of hydrogen-bond acceptors (Lipinski definition) is 6. The van der Waals surface area contributed by atoms with Gasteiger partial charge in [-0.05, 0) is 38.2 Å². The molecular weight excluding hydrogens is 370 g/mol. The van der Waals surface area contributed by atoms with Crippen LogP contribution in [0.5, 0.6) is 0 Å². The predicted octanol–water partition coefficient (Wildman–Crippen LogP) is 2.55. The molecule has 1 aliphatic rings. The van der Waals surface area contributed by atoms with E-state index in [0.29, 0.717) is 18.3 Å². The zero-order valence-electron chi connectivity index (χ0n) is 15.7. The molecule has 0 spiro atoms. The molecule has 1 aliphatic carbocycles. The van der Waals surface area contributed by atoms with E-state index in [0.717, 1.165) is 29.5 Å². The van der Waals surface area contributed by atoms with Gasteiger partial charge in [-0.1, -0.05) is 11.8 Å². The molecular formula is C18H25N3O3S2. The number of rotatable bonds is 6. The molecule has 0 saturated carbocycles. The summed E-state index contributed by atoms with van der Waals surface area (Å²) in [5.41, 5.74) is 1.19. The Labute approximate surface area is 161 Å². The maximum absolute atomic E-state index is 13.2. The third kappa shape index (κ3) is 3.68. The third-order valence-corrected chi connectivity index (χ3v) is 6.89. The molecule has 2 aromatic rings. The van der Waals surface area contributed by atoms with Gasteiger partial charge in [0.1, 0.15) is 4.83 Å². The summed E-state index contributed by atoms with van der Waals surface area (Å²) in [7, 11) is 5.09. The fourth-order valence-electron chi connectivity index (χ4n) is 3.26. The van der Waals surface area contributed by atoms with Crippen LogP contribution in [0.3, 0.4) is 0 Å². The number of thioether (sulfide) groups is 1. The number of fused-ring (bicyclic) bond motifs is 3. The van der Waals surface area contributed by atoms with Gasteiger partial charge in [0.15, 0.2) is 5.16 Å². The Morgan fingerprint density at radius 1 is 1.38 bits per heavy atom. The summed E-state index contributed by atoms with van der Waals surface area (Å²) in [5, 5.41) is 1.07. The maximum atomic E-state index is 13.2. The second-order valence-corrected chi connectivity index (χ2v) is 9.12. The van der Waals surface area contributed by atoms with Crippen molar-refractivity contribution >= 4 is 39.2 Å². The van der Waals surface area contributed by atoms with Crippen molar-refractivity contribution in [1.29, 1.82) is 0 Å². The summed E-state index contributed by atoms with van der Waals surface area (Å²) in [6.07, 6.45) is 4.29. The van der Waals surface area contributed by atoms with Crippen molar-refractivity contribution in [2.45, 2.75) is 49.6 Å². The van der Waals surface area contributed by atoms with Crippen molar-refractivity contribution in [3.63, 3.8) is 0 Å². The Kier molecular flexibility index (Phi) is 6.04. The number of thiophene rings is 1. The Bertz CT molecular complexity index is 873. The maximum Gasteiger partial charge on any atom is 0.263 e. The van der Waals surface area contributed by atoms with Gasteiger partial charge in [0.2, 0.25) is 5.91 Å². The van der Waals surface area contributed by atoms with Crippen LogP contribution in [0.25, 0.3) is 10.2 Å². The molecule has 1 atom stereocenters. The van der Waals surface area contributed by atoms with Crippen molar-refractivity contribution < 1.29 is 9.53 Å². The minimum Gasteiger partial charge on any atom is -0.383 e. The highest BCUT2D eigenvalue weighted by molar-refractivity contribution is 8.00. The average molecular weight is 396 g/mol. The van der Waals surface area contributed by atoms with Gasteiger partial charge in [0.05, 0.1) is 23.8 Å². The number of nitrogens with zero attached hydrogens (tertiary/aromatic N) is 3. The lowest BCUT2D eigenvalue weighted by atomic mass is 9.97.